The van der Waals surface area contributed by atoms with Gasteiger partial charge in [-0.1, -0.05) is 64.1 Å². The Labute approximate surface area is 154 Å². The van der Waals surface area contributed by atoms with Gasteiger partial charge in [0.1, 0.15) is 5.76 Å². The van der Waals surface area contributed by atoms with Gasteiger partial charge in [0, 0.05) is 16.5 Å². The largest absolute Gasteiger partial charge is 0.506 e. The van der Waals surface area contributed by atoms with Crippen molar-refractivity contribution in [1.82, 2.24) is 4.98 Å². The molecule has 26 heavy (non-hydrogen) atoms. The van der Waals surface area contributed by atoms with Gasteiger partial charge < -0.3 is 5.11 Å². The summed E-state index contributed by atoms with van der Waals surface area (Å²) in [6.45, 7) is 8.31. The zero-order valence-corrected chi connectivity index (χ0v) is 15.6. The van der Waals surface area contributed by atoms with Crippen LogP contribution in [-0.4, -0.2) is 15.9 Å². The van der Waals surface area contributed by atoms with Crippen LogP contribution >= 0.6 is 0 Å². The predicted molar refractivity (Wildman–Crippen MR) is 107 cm³/mol. The second kappa shape index (κ2) is 7.12. The molecule has 132 valence electrons. The summed E-state index contributed by atoms with van der Waals surface area (Å²) in [5.74, 6) is 0.293. The Balaban J connectivity index is 0.000000948. The van der Waals surface area contributed by atoms with Crippen LogP contribution in [0.5, 0.6) is 0 Å². The molecule has 0 saturated carbocycles. The standard InChI is InChI=1S/C21H17NO2.C2H6/c1-12(2)13-7-9-17-14(11-13)8-10-18(22-17)19-20(23)15-5-3-4-6-16(15)21(19)24;1-2/h3-12,23H,1-2H3;1-2H3. The van der Waals surface area contributed by atoms with Crippen LogP contribution < -0.4 is 0 Å². The molecule has 1 aliphatic carbocycles. The molecule has 0 bridgehead atoms. The van der Waals surface area contributed by atoms with Crippen LogP contribution in [0.25, 0.3) is 22.2 Å². The van der Waals surface area contributed by atoms with E-state index in [1.54, 1.807) is 18.2 Å². The molecule has 1 N–H and O–H groups in total. The third-order valence-corrected chi connectivity index (χ3v) is 4.53. The lowest BCUT2D eigenvalue weighted by molar-refractivity contribution is 0.105. The van der Waals surface area contributed by atoms with E-state index in [4.69, 9.17) is 0 Å². The van der Waals surface area contributed by atoms with Crippen LogP contribution in [0.3, 0.4) is 0 Å². The van der Waals surface area contributed by atoms with Gasteiger partial charge in [0.2, 0.25) is 0 Å². The van der Waals surface area contributed by atoms with Crippen molar-refractivity contribution in [2.45, 2.75) is 33.6 Å². The molecular weight excluding hydrogens is 322 g/mol. The Morgan fingerprint density at radius 1 is 0.923 bits per heavy atom. The molecule has 3 nitrogen and oxygen atoms in total. The maximum Gasteiger partial charge on any atom is 0.199 e. The third-order valence-electron chi connectivity index (χ3n) is 4.53. The lowest BCUT2D eigenvalue weighted by Gasteiger charge is -2.08. The number of aliphatic hydroxyl groups is 1. The summed E-state index contributed by atoms with van der Waals surface area (Å²) in [5.41, 5.74) is 3.98. The van der Waals surface area contributed by atoms with Crippen LogP contribution in [0.2, 0.25) is 0 Å². The van der Waals surface area contributed by atoms with Gasteiger partial charge in [-0.05, 0) is 29.7 Å². The van der Waals surface area contributed by atoms with Gasteiger partial charge in [-0.3, -0.25) is 4.79 Å². The van der Waals surface area contributed by atoms with E-state index in [1.165, 1.54) is 5.56 Å². The SMILES string of the molecule is CC.CC(C)c1ccc2nc(C3=C(O)c4ccccc4C3=O)ccc2c1. The maximum atomic E-state index is 12.6. The number of benzene rings is 2. The number of allylic oxidation sites excluding steroid dienone is 1. The number of pyridine rings is 1. The highest BCUT2D eigenvalue weighted by molar-refractivity contribution is 6.38. The molecule has 1 aromatic heterocycles. The van der Waals surface area contributed by atoms with E-state index in [0.717, 1.165) is 10.9 Å². The summed E-state index contributed by atoms with van der Waals surface area (Å²) in [4.78, 5) is 17.2. The van der Waals surface area contributed by atoms with Crippen molar-refractivity contribution in [3.63, 3.8) is 0 Å². The van der Waals surface area contributed by atoms with Crippen molar-refractivity contribution in [2.24, 2.45) is 0 Å². The molecule has 1 heterocycles. The van der Waals surface area contributed by atoms with E-state index in [0.29, 0.717) is 22.7 Å². The number of hydrogen-bond donors (Lipinski definition) is 1. The fraction of sp³-hybridized carbons (Fsp3) is 0.217. The number of ketones is 1. The van der Waals surface area contributed by atoms with Crippen molar-refractivity contribution >= 4 is 28.0 Å². The number of Topliss-reactive ketones (excluding diaryl/α,β-unsaturated/α-hetero) is 1. The van der Waals surface area contributed by atoms with Crippen LogP contribution in [0.4, 0.5) is 0 Å². The average Bonchev–Trinajstić information content (AvgIpc) is 2.93. The lowest BCUT2D eigenvalue weighted by Crippen LogP contribution is -2.00. The van der Waals surface area contributed by atoms with Gasteiger partial charge >= 0.3 is 0 Å². The quantitative estimate of drug-likeness (QED) is 0.619. The van der Waals surface area contributed by atoms with Gasteiger partial charge in [0.15, 0.2) is 5.78 Å². The van der Waals surface area contributed by atoms with Crippen LogP contribution in [-0.2, 0) is 0 Å². The molecule has 3 heteroatoms. The minimum absolute atomic E-state index is 0.0150. The fourth-order valence-electron chi connectivity index (χ4n) is 3.14. The highest BCUT2D eigenvalue weighted by atomic mass is 16.3. The molecule has 3 aromatic rings. The lowest BCUT2D eigenvalue weighted by atomic mass is 10.00. The van der Waals surface area contributed by atoms with E-state index in [1.807, 2.05) is 38.1 Å². The third kappa shape index (κ3) is 2.90. The monoisotopic (exact) mass is 345 g/mol. The number of fused-ring (bicyclic) bond motifs is 2. The molecule has 0 aliphatic heterocycles. The van der Waals surface area contributed by atoms with E-state index >= 15 is 0 Å². The molecule has 0 radical (unpaired) electrons. The molecule has 0 unspecified atom stereocenters. The van der Waals surface area contributed by atoms with Gasteiger partial charge in [-0.2, -0.15) is 0 Å². The Hall–Kier alpha value is -2.94. The van der Waals surface area contributed by atoms with Crippen molar-refractivity contribution in [2.75, 3.05) is 0 Å². The number of nitrogens with zero attached hydrogens (tertiary/aromatic N) is 1. The molecular formula is C23H23NO2. The van der Waals surface area contributed by atoms with Crippen LogP contribution in [0, 0.1) is 0 Å². The van der Waals surface area contributed by atoms with Crippen LogP contribution in [0.15, 0.2) is 54.6 Å². The Morgan fingerprint density at radius 3 is 2.27 bits per heavy atom. The molecule has 1 aliphatic rings. The summed E-state index contributed by atoms with van der Waals surface area (Å²) >= 11 is 0. The average molecular weight is 345 g/mol. The van der Waals surface area contributed by atoms with E-state index in [9.17, 15) is 9.90 Å². The van der Waals surface area contributed by atoms with Gasteiger partial charge in [-0.15, -0.1) is 0 Å². The molecule has 0 saturated heterocycles. The summed E-state index contributed by atoms with van der Waals surface area (Å²) < 4.78 is 0. The first-order chi connectivity index (χ1) is 12.6. The second-order valence-electron chi connectivity index (χ2n) is 6.40. The minimum atomic E-state index is -0.172. The second-order valence-corrected chi connectivity index (χ2v) is 6.40. The van der Waals surface area contributed by atoms with Gasteiger partial charge in [0.05, 0.1) is 16.8 Å². The molecule has 0 amide bonds. The van der Waals surface area contributed by atoms with E-state index in [2.05, 4.69) is 31.0 Å². The van der Waals surface area contributed by atoms with Crippen molar-refractivity contribution in [3.05, 3.63) is 77.0 Å². The molecule has 0 atom stereocenters. The van der Waals surface area contributed by atoms with Gasteiger partial charge in [-0.25, -0.2) is 4.98 Å². The Kier molecular flexibility index (Phi) is 4.90. The Morgan fingerprint density at radius 2 is 1.62 bits per heavy atom. The first kappa shape index (κ1) is 17.9. The fourth-order valence-corrected chi connectivity index (χ4v) is 3.14. The summed E-state index contributed by atoms with van der Waals surface area (Å²) in [5, 5.41) is 11.5. The number of carbonyl (C=O) groups is 1. The summed E-state index contributed by atoms with van der Waals surface area (Å²) in [6, 6.07) is 17.0. The Bertz CT molecular complexity index is 1020. The topological polar surface area (TPSA) is 50.2 Å². The first-order valence-corrected chi connectivity index (χ1v) is 9.04. The normalized spacial score (nSPS) is 13.0. The summed E-state index contributed by atoms with van der Waals surface area (Å²) in [6.07, 6.45) is 0. The molecule has 4 rings (SSSR count). The van der Waals surface area contributed by atoms with Gasteiger partial charge in [0.25, 0.3) is 0 Å². The number of rotatable bonds is 2. The zero-order valence-electron chi connectivity index (χ0n) is 15.6. The first-order valence-electron chi connectivity index (χ1n) is 9.04. The number of aliphatic hydroxyl groups excluding tert-OH is 1. The van der Waals surface area contributed by atoms with Crippen LogP contribution in [0.1, 0.15) is 60.8 Å². The predicted octanol–water partition coefficient (Wildman–Crippen LogP) is 6.01. The van der Waals surface area contributed by atoms with E-state index < -0.39 is 0 Å². The van der Waals surface area contributed by atoms with Crippen molar-refractivity contribution in [1.29, 1.82) is 0 Å². The highest BCUT2D eigenvalue weighted by Crippen LogP contribution is 2.36. The molecule has 2 aromatic carbocycles. The highest BCUT2D eigenvalue weighted by Gasteiger charge is 2.31. The molecule has 0 spiro atoms. The van der Waals surface area contributed by atoms with Crippen molar-refractivity contribution < 1.29 is 9.90 Å². The number of aromatic nitrogens is 1. The van der Waals surface area contributed by atoms with Crippen molar-refractivity contribution in [3.8, 4) is 0 Å². The summed E-state index contributed by atoms with van der Waals surface area (Å²) in [7, 11) is 0. The minimum Gasteiger partial charge on any atom is -0.506 e. The number of carbonyl (C=O) groups excluding carboxylic acids is 1. The zero-order chi connectivity index (χ0) is 18.8. The maximum absolute atomic E-state index is 12.6. The van der Waals surface area contributed by atoms with E-state index in [-0.39, 0.29) is 17.1 Å². The smallest absolute Gasteiger partial charge is 0.199 e. The number of hydrogen-bond acceptors (Lipinski definition) is 3. The molecule has 0 fully saturated rings.